The first-order valence-corrected chi connectivity index (χ1v) is 8.83. The summed E-state index contributed by atoms with van der Waals surface area (Å²) in [4.78, 5) is 26.7. The molecule has 2 aromatic carbocycles. The summed E-state index contributed by atoms with van der Waals surface area (Å²) < 4.78 is 16.1. The second kappa shape index (κ2) is 7.67. The van der Waals surface area contributed by atoms with E-state index in [1.54, 1.807) is 23.1 Å². The smallest absolute Gasteiger partial charge is 0.252 e. The summed E-state index contributed by atoms with van der Waals surface area (Å²) in [6.45, 7) is 1.63. The number of ether oxygens (including phenoxy) is 3. The zero-order chi connectivity index (χ0) is 18.6. The van der Waals surface area contributed by atoms with Crippen LogP contribution < -0.4 is 14.8 Å². The first kappa shape index (κ1) is 17.4. The second-order valence-electron chi connectivity index (χ2n) is 6.43. The molecule has 0 radical (unpaired) electrons. The highest BCUT2D eigenvalue weighted by molar-refractivity contribution is 5.95. The summed E-state index contributed by atoms with van der Waals surface area (Å²) in [6.07, 6.45) is -0.796. The fourth-order valence-electron chi connectivity index (χ4n) is 3.15. The first-order valence-electron chi connectivity index (χ1n) is 8.83. The predicted octanol–water partition coefficient (Wildman–Crippen LogP) is 2.17. The minimum atomic E-state index is -0.767. The van der Waals surface area contributed by atoms with Crippen LogP contribution >= 0.6 is 0 Å². The molecular weight excluding hydrogens is 348 g/mol. The molecule has 7 nitrogen and oxygen atoms in total. The van der Waals surface area contributed by atoms with Crippen LogP contribution in [0.4, 0.5) is 5.69 Å². The van der Waals surface area contributed by atoms with E-state index in [1.165, 1.54) is 0 Å². The zero-order valence-corrected chi connectivity index (χ0v) is 14.7. The van der Waals surface area contributed by atoms with Crippen LogP contribution in [0.15, 0.2) is 48.5 Å². The van der Waals surface area contributed by atoms with Crippen LogP contribution in [0, 0.1) is 0 Å². The van der Waals surface area contributed by atoms with Crippen LogP contribution in [-0.4, -0.2) is 42.8 Å². The van der Waals surface area contributed by atoms with Crippen molar-refractivity contribution in [1.29, 1.82) is 0 Å². The Labute approximate surface area is 156 Å². The van der Waals surface area contributed by atoms with E-state index >= 15 is 0 Å². The van der Waals surface area contributed by atoms with E-state index in [0.29, 0.717) is 36.9 Å². The average Bonchev–Trinajstić information content (AvgIpc) is 3.14. The van der Waals surface area contributed by atoms with Crippen molar-refractivity contribution in [2.45, 2.75) is 19.1 Å². The molecule has 2 aromatic rings. The van der Waals surface area contributed by atoms with Crippen molar-refractivity contribution < 1.29 is 23.8 Å². The fraction of sp³-hybridized carbons (Fsp3) is 0.300. The molecule has 0 bridgehead atoms. The average molecular weight is 368 g/mol. The minimum Gasteiger partial charge on any atom is -0.454 e. The molecule has 2 amide bonds. The van der Waals surface area contributed by atoms with Crippen LogP contribution in [0.2, 0.25) is 0 Å². The van der Waals surface area contributed by atoms with E-state index < -0.39 is 6.10 Å². The number of morpholine rings is 1. The molecule has 1 N–H and O–H groups in total. The van der Waals surface area contributed by atoms with Gasteiger partial charge in [-0.1, -0.05) is 30.3 Å². The quantitative estimate of drug-likeness (QED) is 0.875. The molecule has 1 fully saturated rings. The summed E-state index contributed by atoms with van der Waals surface area (Å²) in [7, 11) is 0. The van der Waals surface area contributed by atoms with Crippen molar-refractivity contribution >= 4 is 17.5 Å². The number of benzene rings is 2. The standard InChI is InChI=1S/C20H20N2O5/c23-19(21-15-6-7-16-17(10-15)27-13-26-16)11-18-20(24)22(8-9-25-18)12-14-4-2-1-3-5-14/h1-7,10,18H,8-9,11-13H2,(H,21,23). The third kappa shape index (κ3) is 4.03. The highest BCUT2D eigenvalue weighted by Gasteiger charge is 2.31. The highest BCUT2D eigenvalue weighted by Crippen LogP contribution is 2.34. The molecule has 0 aromatic heterocycles. The number of carbonyl (C=O) groups is 2. The lowest BCUT2D eigenvalue weighted by atomic mass is 10.1. The van der Waals surface area contributed by atoms with Crippen LogP contribution in [0.3, 0.4) is 0 Å². The van der Waals surface area contributed by atoms with Gasteiger partial charge in [-0.2, -0.15) is 0 Å². The Kier molecular flexibility index (Phi) is 4.93. The van der Waals surface area contributed by atoms with Gasteiger partial charge in [0.25, 0.3) is 5.91 Å². The molecule has 27 heavy (non-hydrogen) atoms. The first-order chi connectivity index (χ1) is 13.2. The van der Waals surface area contributed by atoms with E-state index in [1.807, 2.05) is 30.3 Å². The van der Waals surface area contributed by atoms with E-state index in [0.717, 1.165) is 5.56 Å². The largest absolute Gasteiger partial charge is 0.454 e. The number of hydrogen-bond donors (Lipinski definition) is 1. The lowest BCUT2D eigenvalue weighted by Crippen LogP contribution is -2.48. The second-order valence-corrected chi connectivity index (χ2v) is 6.43. The van der Waals surface area contributed by atoms with Crippen LogP contribution in [-0.2, 0) is 20.9 Å². The summed E-state index contributed by atoms with van der Waals surface area (Å²) >= 11 is 0. The predicted molar refractivity (Wildman–Crippen MR) is 97.4 cm³/mol. The maximum atomic E-state index is 12.7. The van der Waals surface area contributed by atoms with Gasteiger partial charge < -0.3 is 24.4 Å². The zero-order valence-electron chi connectivity index (χ0n) is 14.7. The monoisotopic (exact) mass is 368 g/mol. The summed E-state index contributed by atoms with van der Waals surface area (Å²) in [5, 5.41) is 2.78. The number of anilines is 1. The van der Waals surface area contributed by atoms with E-state index in [4.69, 9.17) is 14.2 Å². The van der Waals surface area contributed by atoms with E-state index in [-0.39, 0.29) is 25.0 Å². The van der Waals surface area contributed by atoms with Gasteiger partial charge in [0.15, 0.2) is 11.5 Å². The van der Waals surface area contributed by atoms with Gasteiger partial charge in [-0.05, 0) is 17.7 Å². The van der Waals surface area contributed by atoms with Crippen molar-refractivity contribution in [2.75, 3.05) is 25.3 Å². The van der Waals surface area contributed by atoms with Gasteiger partial charge in [0, 0.05) is 24.8 Å². The van der Waals surface area contributed by atoms with Crippen LogP contribution in [0.25, 0.3) is 0 Å². The molecule has 2 aliphatic heterocycles. The summed E-state index contributed by atoms with van der Waals surface area (Å²) in [5.74, 6) is 0.793. The molecule has 1 atom stereocenters. The minimum absolute atomic E-state index is 0.0292. The number of carbonyl (C=O) groups excluding carboxylic acids is 2. The normalized spacial score (nSPS) is 18.4. The van der Waals surface area contributed by atoms with Crippen LogP contribution in [0.1, 0.15) is 12.0 Å². The maximum Gasteiger partial charge on any atom is 0.252 e. The number of amides is 2. The molecule has 140 valence electrons. The molecule has 1 unspecified atom stereocenters. The van der Waals surface area contributed by atoms with Gasteiger partial charge in [-0.25, -0.2) is 0 Å². The molecule has 4 rings (SSSR count). The number of fused-ring (bicyclic) bond motifs is 1. The summed E-state index contributed by atoms with van der Waals surface area (Å²) in [5.41, 5.74) is 1.64. The Morgan fingerprint density at radius 2 is 1.93 bits per heavy atom. The third-order valence-corrected chi connectivity index (χ3v) is 4.51. The molecule has 7 heteroatoms. The van der Waals surface area contributed by atoms with Crippen molar-refractivity contribution in [3.8, 4) is 11.5 Å². The van der Waals surface area contributed by atoms with Gasteiger partial charge in [-0.3, -0.25) is 9.59 Å². The van der Waals surface area contributed by atoms with E-state index in [2.05, 4.69) is 5.32 Å². The SMILES string of the molecule is O=C(CC1OCCN(Cc2ccccc2)C1=O)Nc1ccc2c(c1)OCO2. The van der Waals surface area contributed by atoms with Gasteiger partial charge in [-0.15, -0.1) is 0 Å². The highest BCUT2D eigenvalue weighted by atomic mass is 16.7. The van der Waals surface area contributed by atoms with Crippen molar-refractivity contribution in [3.63, 3.8) is 0 Å². The third-order valence-electron chi connectivity index (χ3n) is 4.51. The molecule has 1 saturated heterocycles. The topological polar surface area (TPSA) is 77.1 Å². The summed E-state index contributed by atoms with van der Waals surface area (Å²) in [6, 6.07) is 14.9. The van der Waals surface area contributed by atoms with Crippen LogP contribution in [0.5, 0.6) is 11.5 Å². The van der Waals surface area contributed by atoms with Crippen molar-refractivity contribution in [3.05, 3.63) is 54.1 Å². The number of rotatable bonds is 5. The maximum absolute atomic E-state index is 12.7. The molecule has 0 saturated carbocycles. The molecular formula is C20H20N2O5. The Hall–Kier alpha value is -3.06. The number of nitrogens with zero attached hydrogens (tertiary/aromatic N) is 1. The van der Waals surface area contributed by atoms with Gasteiger partial charge >= 0.3 is 0 Å². The lowest BCUT2D eigenvalue weighted by Gasteiger charge is -2.32. The Balaban J connectivity index is 1.35. The van der Waals surface area contributed by atoms with E-state index in [9.17, 15) is 9.59 Å². The molecule has 0 spiro atoms. The number of hydrogen-bond acceptors (Lipinski definition) is 5. The Bertz CT molecular complexity index is 840. The Morgan fingerprint density at radius 1 is 1.11 bits per heavy atom. The fourth-order valence-corrected chi connectivity index (χ4v) is 3.15. The Morgan fingerprint density at radius 3 is 2.78 bits per heavy atom. The van der Waals surface area contributed by atoms with Crippen molar-refractivity contribution in [1.82, 2.24) is 4.90 Å². The number of nitrogens with one attached hydrogen (secondary N) is 1. The van der Waals surface area contributed by atoms with Gasteiger partial charge in [0.2, 0.25) is 12.7 Å². The lowest BCUT2D eigenvalue weighted by molar-refractivity contribution is -0.155. The van der Waals surface area contributed by atoms with Gasteiger partial charge in [0.1, 0.15) is 6.10 Å². The van der Waals surface area contributed by atoms with Gasteiger partial charge in [0.05, 0.1) is 13.0 Å². The molecule has 0 aliphatic carbocycles. The molecule has 2 heterocycles. The van der Waals surface area contributed by atoms with Crippen molar-refractivity contribution in [2.24, 2.45) is 0 Å². The molecule has 2 aliphatic rings.